The number of amides is 1. The van der Waals surface area contributed by atoms with Gasteiger partial charge >= 0.3 is 0 Å². The van der Waals surface area contributed by atoms with Crippen LogP contribution in [0.1, 0.15) is 44.1 Å². The maximum Gasteiger partial charge on any atom is 0.227 e. The topological polar surface area (TPSA) is 55.1 Å². The first-order chi connectivity index (χ1) is 8.79. The first kappa shape index (κ1) is 14.7. The summed E-state index contributed by atoms with van der Waals surface area (Å²) in [5.74, 6) is 0.108. The number of hydrogen-bond donors (Lipinski definition) is 2. The minimum atomic E-state index is -0.0271. The van der Waals surface area contributed by atoms with E-state index in [1.165, 1.54) is 0 Å². The van der Waals surface area contributed by atoms with Gasteiger partial charge in [0, 0.05) is 6.54 Å². The molecule has 0 aliphatic heterocycles. The van der Waals surface area contributed by atoms with Crippen molar-refractivity contribution in [1.82, 2.24) is 5.32 Å². The summed E-state index contributed by atoms with van der Waals surface area (Å²) < 4.78 is 0. The highest BCUT2D eigenvalue weighted by atomic mass is 16.1. The van der Waals surface area contributed by atoms with Crippen LogP contribution >= 0.6 is 0 Å². The van der Waals surface area contributed by atoms with Gasteiger partial charge in [0.05, 0.1) is 5.92 Å². The first-order valence-electron chi connectivity index (χ1n) is 6.82. The van der Waals surface area contributed by atoms with Gasteiger partial charge in [-0.1, -0.05) is 43.7 Å². The fourth-order valence-electron chi connectivity index (χ4n) is 2.04. The van der Waals surface area contributed by atoms with Crippen molar-refractivity contribution >= 4 is 5.91 Å². The molecule has 0 fully saturated rings. The van der Waals surface area contributed by atoms with Crippen molar-refractivity contribution in [1.29, 1.82) is 0 Å². The SMILES string of the molecule is CCC(C(=O)NCCCCCN)c1ccccc1. The Balaban J connectivity index is 2.39. The maximum atomic E-state index is 12.1. The summed E-state index contributed by atoms with van der Waals surface area (Å²) >= 11 is 0. The van der Waals surface area contributed by atoms with Gasteiger partial charge in [-0.15, -0.1) is 0 Å². The molecule has 1 aromatic carbocycles. The highest BCUT2D eigenvalue weighted by Gasteiger charge is 2.17. The zero-order chi connectivity index (χ0) is 13.2. The van der Waals surface area contributed by atoms with E-state index in [1.807, 2.05) is 37.3 Å². The van der Waals surface area contributed by atoms with Crippen molar-refractivity contribution in [3.63, 3.8) is 0 Å². The van der Waals surface area contributed by atoms with E-state index in [0.717, 1.165) is 44.3 Å². The summed E-state index contributed by atoms with van der Waals surface area (Å²) in [4.78, 5) is 12.1. The molecule has 3 nitrogen and oxygen atoms in total. The lowest BCUT2D eigenvalue weighted by Crippen LogP contribution is -2.30. The lowest BCUT2D eigenvalue weighted by molar-refractivity contribution is -0.122. The minimum Gasteiger partial charge on any atom is -0.356 e. The van der Waals surface area contributed by atoms with Crippen molar-refractivity contribution in [2.75, 3.05) is 13.1 Å². The Morgan fingerprint density at radius 1 is 1.22 bits per heavy atom. The third-order valence-electron chi connectivity index (χ3n) is 3.11. The van der Waals surface area contributed by atoms with Crippen molar-refractivity contribution < 1.29 is 4.79 Å². The molecule has 0 spiro atoms. The van der Waals surface area contributed by atoms with Crippen molar-refractivity contribution in [2.24, 2.45) is 5.73 Å². The molecule has 0 aliphatic rings. The monoisotopic (exact) mass is 248 g/mol. The minimum absolute atomic E-state index is 0.0271. The third kappa shape index (κ3) is 4.88. The molecular weight excluding hydrogens is 224 g/mol. The Hall–Kier alpha value is -1.35. The molecular formula is C15H24N2O. The molecule has 0 saturated carbocycles. The van der Waals surface area contributed by atoms with Crippen LogP contribution in [0.25, 0.3) is 0 Å². The predicted molar refractivity (Wildman–Crippen MR) is 75.4 cm³/mol. The van der Waals surface area contributed by atoms with Crippen LogP contribution in [-0.2, 0) is 4.79 Å². The van der Waals surface area contributed by atoms with Gasteiger partial charge in [-0.05, 0) is 31.4 Å². The zero-order valence-corrected chi connectivity index (χ0v) is 11.2. The summed E-state index contributed by atoms with van der Waals surface area (Å²) in [6, 6.07) is 9.96. The van der Waals surface area contributed by atoms with E-state index >= 15 is 0 Å². The fraction of sp³-hybridized carbons (Fsp3) is 0.533. The van der Waals surface area contributed by atoms with Crippen LogP contribution in [0, 0.1) is 0 Å². The Bertz CT molecular complexity index is 338. The molecule has 0 saturated heterocycles. The number of unbranched alkanes of at least 4 members (excludes halogenated alkanes) is 2. The van der Waals surface area contributed by atoms with Gasteiger partial charge < -0.3 is 11.1 Å². The molecule has 1 rings (SSSR count). The second-order valence-corrected chi connectivity index (χ2v) is 4.51. The molecule has 0 heterocycles. The van der Waals surface area contributed by atoms with Gasteiger partial charge in [0.2, 0.25) is 5.91 Å². The van der Waals surface area contributed by atoms with Crippen LogP contribution in [0.15, 0.2) is 30.3 Å². The van der Waals surface area contributed by atoms with Crippen LogP contribution in [0.2, 0.25) is 0 Å². The number of benzene rings is 1. The van der Waals surface area contributed by atoms with Gasteiger partial charge in [0.25, 0.3) is 0 Å². The smallest absolute Gasteiger partial charge is 0.227 e. The van der Waals surface area contributed by atoms with Crippen molar-refractivity contribution in [2.45, 2.75) is 38.5 Å². The van der Waals surface area contributed by atoms with E-state index in [1.54, 1.807) is 0 Å². The van der Waals surface area contributed by atoms with Gasteiger partial charge in [-0.25, -0.2) is 0 Å². The number of carbonyl (C=O) groups excluding carboxylic acids is 1. The summed E-state index contributed by atoms with van der Waals surface area (Å²) in [5.41, 5.74) is 6.53. The van der Waals surface area contributed by atoms with Gasteiger partial charge in [0.15, 0.2) is 0 Å². The van der Waals surface area contributed by atoms with Crippen molar-refractivity contribution in [3.8, 4) is 0 Å². The standard InChI is InChI=1S/C15H24N2O/c1-2-14(13-9-5-3-6-10-13)15(18)17-12-8-4-7-11-16/h3,5-6,9-10,14H,2,4,7-8,11-12,16H2,1H3,(H,17,18). The van der Waals surface area contributed by atoms with Crippen LogP contribution < -0.4 is 11.1 Å². The molecule has 3 heteroatoms. The van der Waals surface area contributed by atoms with Crippen LogP contribution in [0.5, 0.6) is 0 Å². The summed E-state index contributed by atoms with van der Waals surface area (Å²) in [7, 11) is 0. The first-order valence-corrected chi connectivity index (χ1v) is 6.82. The molecule has 0 aromatic heterocycles. The quantitative estimate of drug-likeness (QED) is 0.694. The van der Waals surface area contributed by atoms with Gasteiger partial charge in [-0.3, -0.25) is 4.79 Å². The highest BCUT2D eigenvalue weighted by molar-refractivity contribution is 5.83. The van der Waals surface area contributed by atoms with Crippen LogP contribution in [0.3, 0.4) is 0 Å². The molecule has 1 amide bonds. The second-order valence-electron chi connectivity index (χ2n) is 4.51. The Labute approximate surface area is 110 Å². The number of hydrogen-bond acceptors (Lipinski definition) is 2. The van der Waals surface area contributed by atoms with E-state index in [4.69, 9.17) is 5.73 Å². The molecule has 1 atom stereocenters. The van der Waals surface area contributed by atoms with Crippen LogP contribution in [-0.4, -0.2) is 19.0 Å². The number of rotatable bonds is 8. The fourth-order valence-corrected chi connectivity index (χ4v) is 2.04. The Kier molecular flexibility index (Phi) is 7.11. The molecule has 18 heavy (non-hydrogen) atoms. The molecule has 1 unspecified atom stereocenters. The average Bonchev–Trinajstić information content (AvgIpc) is 2.40. The van der Waals surface area contributed by atoms with E-state index < -0.39 is 0 Å². The molecule has 0 radical (unpaired) electrons. The highest BCUT2D eigenvalue weighted by Crippen LogP contribution is 2.19. The van der Waals surface area contributed by atoms with Gasteiger partial charge in [-0.2, -0.15) is 0 Å². The Morgan fingerprint density at radius 3 is 2.56 bits per heavy atom. The average molecular weight is 248 g/mol. The summed E-state index contributed by atoms with van der Waals surface area (Å²) in [6.45, 7) is 3.53. The normalized spacial score (nSPS) is 12.1. The molecule has 1 aromatic rings. The third-order valence-corrected chi connectivity index (χ3v) is 3.11. The van der Waals surface area contributed by atoms with Gasteiger partial charge in [0.1, 0.15) is 0 Å². The zero-order valence-electron chi connectivity index (χ0n) is 11.2. The van der Waals surface area contributed by atoms with Crippen molar-refractivity contribution in [3.05, 3.63) is 35.9 Å². The lowest BCUT2D eigenvalue weighted by Gasteiger charge is -2.15. The van der Waals surface area contributed by atoms with E-state index in [2.05, 4.69) is 5.32 Å². The van der Waals surface area contributed by atoms with Crippen LogP contribution in [0.4, 0.5) is 0 Å². The second kappa shape index (κ2) is 8.70. The molecule has 0 bridgehead atoms. The number of nitrogens with one attached hydrogen (secondary N) is 1. The summed E-state index contributed by atoms with van der Waals surface area (Å²) in [6.07, 6.45) is 3.96. The number of nitrogens with two attached hydrogens (primary N) is 1. The van der Waals surface area contributed by atoms with E-state index in [9.17, 15) is 4.79 Å². The lowest BCUT2D eigenvalue weighted by atomic mass is 9.95. The van der Waals surface area contributed by atoms with E-state index in [0.29, 0.717) is 0 Å². The predicted octanol–water partition coefficient (Wildman–Crippen LogP) is 2.43. The molecule has 0 aliphatic carbocycles. The summed E-state index contributed by atoms with van der Waals surface area (Å²) in [5, 5.41) is 3.01. The molecule has 100 valence electrons. The molecule has 3 N–H and O–H groups in total. The largest absolute Gasteiger partial charge is 0.356 e. The van der Waals surface area contributed by atoms with E-state index in [-0.39, 0.29) is 11.8 Å². The Morgan fingerprint density at radius 2 is 1.94 bits per heavy atom. The maximum absolute atomic E-state index is 12.1. The number of carbonyl (C=O) groups is 1.